The standard InChI is InChI=1S/C10H14ClNO4/c1-15-6-7(2-4-13)12-10(14)8-3-5-16-9(8)11/h3,5,7,13H,2,4,6H2,1H3,(H,12,14). The number of ether oxygens (including phenoxy) is 1. The Balaban J connectivity index is 2.58. The van der Waals surface area contributed by atoms with Gasteiger partial charge in [-0.15, -0.1) is 0 Å². The highest BCUT2D eigenvalue weighted by atomic mass is 35.5. The first-order valence-electron chi connectivity index (χ1n) is 4.82. The number of furan rings is 1. The third-order valence-corrected chi connectivity index (χ3v) is 2.34. The van der Waals surface area contributed by atoms with E-state index in [1.165, 1.54) is 19.4 Å². The fourth-order valence-corrected chi connectivity index (χ4v) is 1.47. The lowest BCUT2D eigenvalue weighted by atomic mass is 10.2. The molecule has 0 aliphatic rings. The van der Waals surface area contributed by atoms with E-state index < -0.39 is 0 Å². The molecule has 1 heterocycles. The van der Waals surface area contributed by atoms with Gasteiger partial charge in [0.05, 0.1) is 24.5 Å². The summed E-state index contributed by atoms with van der Waals surface area (Å²) in [6, 6.07) is 1.24. The molecule has 2 N–H and O–H groups in total. The number of hydrogen-bond donors (Lipinski definition) is 2. The van der Waals surface area contributed by atoms with E-state index >= 15 is 0 Å². The molecule has 0 saturated heterocycles. The predicted molar refractivity (Wildman–Crippen MR) is 58.6 cm³/mol. The summed E-state index contributed by atoms with van der Waals surface area (Å²) >= 11 is 5.66. The van der Waals surface area contributed by atoms with Crippen LogP contribution in [-0.4, -0.2) is 37.4 Å². The fraction of sp³-hybridized carbons (Fsp3) is 0.500. The smallest absolute Gasteiger partial charge is 0.256 e. The third kappa shape index (κ3) is 3.52. The average Bonchev–Trinajstić information content (AvgIpc) is 2.65. The maximum absolute atomic E-state index is 11.7. The Morgan fingerprint density at radius 1 is 1.75 bits per heavy atom. The number of aliphatic hydroxyl groups is 1. The molecule has 0 aliphatic carbocycles. The number of rotatable bonds is 6. The second kappa shape index (κ2) is 6.52. The Kier molecular flexibility index (Phi) is 5.31. The van der Waals surface area contributed by atoms with Gasteiger partial charge in [-0.2, -0.15) is 0 Å². The second-order valence-corrected chi connectivity index (χ2v) is 3.59. The minimum atomic E-state index is -0.339. The van der Waals surface area contributed by atoms with Crippen molar-refractivity contribution < 1.29 is 19.1 Å². The summed E-state index contributed by atoms with van der Waals surface area (Å²) < 4.78 is 9.73. The van der Waals surface area contributed by atoms with Crippen LogP contribution in [0.25, 0.3) is 0 Å². The minimum absolute atomic E-state index is 0.0204. The number of aliphatic hydroxyl groups excluding tert-OH is 1. The van der Waals surface area contributed by atoms with Crippen molar-refractivity contribution in [3.05, 3.63) is 23.1 Å². The van der Waals surface area contributed by atoms with Crippen LogP contribution in [0.4, 0.5) is 0 Å². The van der Waals surface area contributed by atoms with Crippen molar-refractivity contribution in [1.29, 1.82) is 0 Å². The molecule has 1 aromatic rings. The van der Waals surface area contributed by atoms with Crippen LogP contribution in [0, 0.1) is 0 Å². The zero-order chi connectivity index (χ0) is 12.0. The maximum atomic E-state index is 11.7. The molecule has 16 heavy (non-hydrogen) atoms. The summed E-state index contributed by atoms with van der Waals surface area (Å²) in [5.74, 6) is -0.339. The Morgan fingerprint density at radius 2 is 2.50 bits per heavy atom. The molecule has 1 unspecified atom stereocenters. The van der Waals surface area contributed by atoms with Gasteiger partial charge < -0.3 is 19.6 Å². The summed E-state index contributed by atoms with van der Waals surface area (Å²) in [7, 11) is 1.53. The molecule has 0 bridgehead atoms. The van der Waals surface area contributed by atoms with Crippen molar-refractivity contribution in [3.8, 4) is 0 Å². The van der Waals surface area contributed by atoms with Crippen molar-refractivity contribution in [2.75, 3.05) is 20.3 Å². The van der Waals surface area contributed by atoms with Gasteiger partial charge in [-0.05, 0) is 24.1 Å². The van der Waals surface area contributed by atoms with Crippen molar-refractivity contribution in [2.45, 2.75) is 12.5 Å². The first-order valence-corrected chi connectivity index (χ1v) is 5.20. The van der Waals surface area contributed by atoms with E-state index in [2.05, 4.69) is 5.32 Å². The summed E-state index contributed by atoms with van der Waals surface area (Å²) in [5, 5.41) is 11.6. The van der Waals surface area contributed by atoms with Crippen LogP contribution in [0.15, 0.2) is 16.7 Å². The maximum Gasteiger partial charge on any atom is 0.256 e. The van der Waals surface area contributed by atoms with Gasteiger partial charge in [0.15, 0.2) is 0 Å². The highest BCUT2D eigenvalue weighted by Gasteiger charge is 2.17. The molecule has 5 nitrogen and oxygen atoms in total. The molecule has 0 fully saturated rings. The van der Waals surface area contributed by atoms with Gasteiger partial charge in [-0.25, -0.2) is 0 Å². The largest absolute Gasteiger partial charge is 0.452 e. The van der Waals surface area contributed by atoms with Crippen LogP contribution in [0.2, 0.25) is 5.22 Å². The van der Waals surface area contributed by atoms with Crippen LogP contribution < -0.4 is 5.32 Å². The molecule has 0 radical (unpaired) electrons. The molecular formula is C10H14ClNO4. The van der Waals surface area contributed by atoms with Gasteiger partial charge in [-0.1, -0.05) is 0 Å². The van der Waals surface area contributed by atoms with Crippen LogP contribution in [0.3, 0.4) is 0 Å². The van der Waals surface area contributed by atoms with Gasteiger partial charge in [0, 0.05) is 13.7 Å². The Labute approximate surface area is 98.3 Å². The number of amides is 1. The Morgan fingerprint density at radius 3 is 3.00 bits per heavy atom. The number of methoxy groups -OCH3 is 1. The van der Waals surface area contributed by atoms with Gasteiger partial charge >= 0.3 is 0 Å². The molecule has 6 heteroatoms. The lowest BCUT2D eigenvalue weighted by Crippen LogP contribution is -2.38. The number of halogens is 1. The van der Waals surface area contributed by atoms with E-state index in [-0.39, 0.29) is 29.3 Å². The number of nitrogens with one attached hydrogen (secondary N) is 1. The monoisotopic (exact) mass is 247 g/mol. The summed E-state index contributed by atoms with van der Waals surface area (Å²) in [4.78, 5) is 11.7. The van der Waals surface area contributed by atoms with E-state index in [1.54, 1.807) is 0 Å². The lowest BCUT2D eigenvalue weighted by molar-refractivity contribution is 0.0878. The van der Waals surface area contributed by atoms with E-state index in [1.807, 2.05) is 0 Å². The van der Waals surface area contributed by atoms with E-state index in [9.17, 15) is 4.79 Å². The highest BCUT2D eigenvalue weighted by molar-refractivity contribution is 6.32. The molecule has 90 valence electrons. The van der Waals surface area contributed by atoms with Crippen LogP contribution in [-0.2, 0) is 4.74 Å². The van der Waals surface area contributed by atoms with Crippen molar-refractivity contribution in [2.24, 2.45) is 0 Å². The van der Waals surface area contributed by atoms with Gasteiger partial charge in [0.1, 0.15) is 0 Å². The summed E-state index contributed by atoms with van der Waals surface area (Å²) in [6.45, 7) is 0.315. The molecule has 1 aromatic heterocycles. The minimum Gasteiger partial charge on any atom is -0.452 e. The lowest BCUT2D eigenvalue weighted by Gasteiger charge is -2.16. The summed E-state index contributed by atoms with van der Waals surface area (Å²) in [5.41, 5.74) is 0.278. The molecular weight excluding hydrogens is 234 g/mol. The van der Waals surface area contributed by atoms with E-state index in [0.717, 1.165) is 0 Å². The molecule has 0 spiro atoms. The predicted octanol–water partition coefficient (Wildman–Crippen LogP) is 1.06. The Bertz CT molecular complexity index is 333. The zero-order valence-electron chi connectivity index (χ0n) is 8.90. The van der Waals surface area contributed by atoms with Crippen molar-refractivity contribution in [3.63, 3.8) is 0 Å². The van der Waals surface area contributed by atoms with Gasteiger partial charge in [0.25, 0.3) is 5.91 Å². The molecule has 0 aromatic carbocycles. The second-order valence-electron chi connectivity index (χ2n) is 3.25. The number of carbonyl (C=O) groups is 1. The summed E-state index contributed by atoms with van der Waals surface area (Å²) in [6.07, 6.45) is 1.77. The first-order chi connectivity index (χ1) is 7.69. The van der Waals surface area contributed by atoms with E-state index in [0.29, 0.717) is 13.0 Å². The van der Waals surface area contributed by atoms with E-state index in [4.69, 9.17) is 25.9 Å². The SMILES string of the molecule is COCC(CCO)NC(=O)c1ccoc1Cl. The quantitative estimate of drug-likeness (QED) is 0.789. The first kappa shape index (κ1) is 13.0. The van der Waals surface area contributed by atoms with Crippen LogP contribution in [0.1, 0.15) is 16.8 Å². The molecule has 0 aliphatic heterocycles. The van der Waals surface area contributed by atoms with Crippen LogP contribution in [0.5, 0.6) is 0 Å². The van der Waals surface area contributed by atoms with Crippen molar-refractivity contribution in [1.82, 2.24) is 5.32 Å². The Hall–Kier alpha value is -1.04. The van der Waals surface area contributed by atoms with Crippen molar-refractivity contribution >= 4 is 17.5 Å². The molecule has 1 atom stereocenters. The van der Waals surface area contributed by atoms with Gasteiger partial charge in [-0.3, -0.25) is 4.79 Å². The number of hydrogen-bond acceptors (Lipinski definition) is 4. The normalized spacial score (nSPS) is 12.4. The highest BCUT2D eigenvalue weighted by Crippen LogP contribution is 2.16. The third-order valence-electron chi connectivity index (χ3n) is 2.04. The molecule has 1 rings (SSSR count). The van der Waals surface area contributed by atoms with Gasteiger partial charge in [0.2, 0.25) is 5.22 Å². The average molecular weight is 248 g/mol. The topological polar surface area (TPSA) is 71.7 Å². The molecule has 1 amide bonds. The zero-order valence-corrected chi connectivity index (χ0v) is 9.66. The number of carbonyl (C=O) groups excluding carboxylic acids is 1. The fourth-order valence-electron chi connectivity index (χ4n) is 1.27. The van der Waals surface area contributed by atoms with Crippen LogP contribution >= 0.6 is 11.6 Å². The molecule has 0 saturated carbocycles.